The summed E-state index contributed by atoms with van der Waals surface area (Å²) < 4.78 is 0. The molecule has 20 heavy (non-hydrogen) atoms. The van der Waals surface area contributed by atoms with E-state index >= 15 is 0 Å². The third kappa shape index (κ3) is 2.41. The molecule has 3 atom stereocenters. The van der Waals surface area contributed by atoms with Gasteiger partial charge in [-0.15, -0.1) is 0 Å². The van der Waals surface area contributed by atoms with Gasteiger partial charge in [0.2, 0.25) is 5.91 Å². The van der Waals surface area contributed by atoms with Crippen molar-refractivity contribution in [1.29, 1.82) is 0 Å². The molecule has 0 aromatic heterocycles. The van der Waals surface area contributed by atoms with E-state index in [0.29, 0.717) is 12.0 Å². The molecule has 0 radical (unpaired) electrons. The second-order valence-electron chi connectivity index (χ2n) is 6.34. The van der Waals surface area contributed by atoms with Crippen LogP contribution in [-0.2, 0) is 11.2 Å². The maximum absolute atomic E-state index is 12.7. The minimum Gasteiger partial charge on any atom is -0.373 e. The number of anilines is 1. The highest BCUT2D eigenvalue weighted by Gasteiger charge is 2.34. The van der Waals surface area contributed by atoms with Crippen molar-refractivity contribution in [3.63, 3.8) is 0 Å². The number of nitrogens with zero attached hydrogens (tertiary/aromatic N) is 1. The van der Waals surface area contributed by atoms with Crippen LogP contribution in [0.5, 0.6) is 0 Å². The Morgan fingerprint density at radius 3 is 2.75 bits per heavy atom. The summed E-state index contributed by atoms with van der Waals surface area (Å²) in [5.41, 5.74) is 2.38. The highest BCUT2D eigenvalue weighted by atomic mass is 16.2. The minimum atomic E-state index is -0.0773. The number of nitrogens with one attached hydrogen (secondary N) is 1. The molecule has 108 valence electrons. The number of rotatable bonds is 2. The Labute approximate surface area is 121 Å². The van der Waals surface area contributed by atoms with Gasteiger partial charge in [-0.05, 0) is 30.4 Å². The summed E-state index contributed by atoms with van der Waals surface area (Å²) in [7, 11) is 1.99. The molecule has 0 bridgehead atoms. The van der Waals surface area contributed by atoms with Crippen molar-refractivity contribution in [1.82, 2.24) is 4.90 Å². The molecule has 2 aliphatic rings. The van der Waals surface area contributed by atoms with Crippen LogP contribution in [0, 0.1) is 5.92 Å². The molecule has 0 spiro atoms. The van der Waals surface area contributed by atoms with Gasteiger partial charge in [0, 0.05) is 25.2 Å². The van der Waals surface area contributed by atoms with Crippen molar-refractivity contribution in [2.45, 2.75) is 51.1 Å². The molecule has 1 heterocycles. The molecule has 1 aromatic rings. The van der Waals surface area contributed by atoms with Gasteiger partial charge < -0.3 is 10.2 Å². The molecule has 3 heteroatoms. The zero-order chi connectivity index (χ0) is 14.1. The molecule has 3 nitrogen and oxygen atoms in total. The van der Waals surface area contributed by atoms with E-state index in [-0.39, 0.29) is 11.9 Å². The first kappa shape index (κ1) is 13.5. The summed E-state index contributed by atoms with van der Waals surface area (Å²) >= 11 is 0. The van der Waals surface area contributed by atoms with Crippen LogP contribution < -0.4 is 5.32 Å². The Balaban J connectivity index is 1.68. The van der Waals surface area contributed by atoms with Crippen LogP contribution in [0.25, 0.3) is 0 Å². The highest BCUT2D eigenvalue weighted by molar-refractivity contribution is 5.87. The summed E-state index contributed by atoms with van der Waals surface area (Å²) in [6.07, 6.45) is 5.79. The van der Waals surface area contributed by atoms with Gasteiger partial charge in [0.25, 0.3) is 0 Å². The number of amides is 1. The van der Waals surface area contributed by atoms with Gasteiger partial charge in [-0.2, -0.15) is 0 Å². The number of benzene rings is 1. The average molecular weight is 272 g/mol. The van der Waals surface area contributed by atoms with Gasteiger partial charge in [0.15, 0.2) is 0 Å². The van der Waals surface area contributed by atoms with Gasteiger partial charge in [-0.25, -0.2) is 0 Å². The summed E-state index contributed by atoms with van der Waals surface area (Å²) in [5, 5.41) is 3.38. The van der Waals surface area contributed by atoms with E-state index in [1.807, 2.05) is 24.1 Å². The Morgan fingerprint density at radius 1 is 1.25 bits per heavy atom. The zero-order valence-corrected chi connectivity index (χ0v) is 12.4. The Hall–Kier alpha value is -1.51. The monoisotopic (exact) mass is 272 g/mol. The number of hydrogen-bond acceptors (Lipinski definition) is 2. The molecule has 0 saturated heterocycles. The minimum absolute atomic E-state index is 0.0773. The van der Waals surface area contributed by atoms with Gasteiger partial charge in [-0.1, -0.05) is 38.0 Å². The number of para-hydroxylation sites is 1. The molecule has 2 unspecified atom stereocenters. The maximum atomic E-state index is 12.7. The molecule has 3 rings (SSSR count). The topological polar surface area (TPSA) is 32.3 Å². The molecular weight excluding hydrogens is 248 g/mol. The van der Waals surface area contributed by atoms with Gasteiger partial charge in [-0.3, -0.25) is 4.79 Å². The van der Waals surface area contributed by atoms with Crippen LogP contribution in [0.4, 0.5) is 5.69 Å². The Morgan fingerprint density at radius 2 is 2.00 bits per heavy atom. The second-order valence-corrected chi connectivity index (χ2v) is 6.34. The smallest absolute Gasteiger partial charge is 0.245 e. The molecule has 1 saturated carbocycles. The number of likely N-dealkylation sites (N-methyl/N-ethyl adjacent to an activating group) is 1. The molecule has 1 aromatic carbocycles. The SMILES string of the molecule is CC1CCCCC1N(C)C(=O)[C@@H]1Cc2ccccc2N1. The fourth-order valence-electron chi connectivity index (χ4n) is 3.73. The lowest BCUT2D eigenvalue weighted by Gasteiger charge is -2.37. The Kier molecular flexibility index (Phi) is 3.68. The van der Waals surface area contributed by atoms with Crippen LogP contribution in [0.2, 0.25) is 0 Å². The summed E-state index contributed by atoms with van der Waals surface area (Å²) in [5.74, 6) is 0.876. The average Bonchev–Trinajstić information content (AvgIpc) is 2.90. The summed E-state index contributed by atoms with van der Waals surface area (Å²) in [4.78, 5) is 14.7. The fraction of sp³-hybridized carbons (Fsp3) is 0.588. The van der Waals surface area contributed by atoms with Crippen molar-refractivity contribution in [3.05, 3.63) is 29.8 Å². The largest absolute Gasteiger partial charge is 0.373 e. The van der Waals surface area contributed by atoms with Crippen molar-refractivity contribution in [3.8, 4) is 0 Å². The lowest BCUT2D eigenvalue weighted by molar-refractivity contribution is -0.134. The van der Waals surface area contributed by atoms with Crippen molar-refractivity contribution in [2.75, 3.05) is 12.4 Å². The second kappa shape index (κ2) is 5.47. The van der Waals surface area contributed by atoms with Gasteiger partial charge >= 0.3 is 0 Å². The summed E-state index contributed by atoms with van der Waals surface area (Å²) in [6, 6.07) is 8.57. The van der Waals surface area contributed by atoms with Gasteiger partial charge in [0.05, 0.1) is 0 Å². The van der Waals surface area contributed by atoms with Crippen LogP contribution in [0.15, 0.2) is 24.3 Å². The van der Waals surface area contributed by atoms with E-state index < -0.39 is 0 Å². The van der Waals surface area contributed by atoms with E-state index in [1.54, 1.807) is 0 Å². The number of hydrogen-bond donors (Lipinski definition) is 1. The molecule has 1 amide bonds. The first-order chi connectivity index (χ1) is 9.66. The standard InChI is InChI=1S/C17H24N2O/c1-12-7-3-6-10-16(12)19(2)17(20)15-11-13-8-4-5-9-14(13)18-15/h4-5,8-9,12,15-16,18H,3,6-7,10-11H2,1-2H3/t12?,15-,16?/m0/s1. The van der Waals surface area contributed by atoms with E-state index in [2.05, 4.69) is 24.4 Å². The molecule has 1 aliphatic heterocycles. The number of fused-ring (bicyclic) bond motifs is 1. The van der Waals surface area contributed by atoms with Crippen molar-refractivity contribution in [2.24, 2.45) is 5.92 Å². The first-order valence-electron chi connectivity index (χ1n) is 7.78. The Bertz CT molecular complexity index is 475. The van der Waals surface area contributed by atoms with Crippen LogP contribution in [-0.4, -0.2) is 29.9 Å². The van der Waals surface area contributed by atoms with E-state index in [9.17, 15) is 4.79 Å². The molecule has 1 fully saturated rings. The van der Waals surface area contributed by atoms with Gasteiger partial charge in [0.1, 0.15) is 6.04 Å². The normalized spacial score (nSPS) is 28.6. The van der Waals surface area contributed by atoms with Crippen LogP contribution in [0.1, 0.15) is 38.2 Å². The predicted molar refractivity (Wildman–Crippen MR) is 81.7 cm³/mol. The zero-order valence-electron chi connectivity index (χ0n) is 12.4. The van der Waals surface area contributed by atoms with Crippen molar-refractivity contribution < 1.29 is 4.79 Å². The quantitative estimate of drug-likeness (QED) is 0.897. The lowest BCUT2D eigenvalue weighted by Crippen LogP contribution is -2.48. The van der Waals surface area contributed by atoms with E-state index in [0.717, 1.165) is 18.5 Å². The molecular formula is C17H24N2O. The third-order valence-corrected chi connectivity index (χ3v) is 4.98. The fourth-order valence-corrected chi connectivity index (χ4v) is 3.73. The van der Waals surface area contributed by atoms with E-state index in [4.69, 9.17) is 0 Å². The van der Waals surface area contributed by atoms with Crippen LogP contribution >= 0.6 is 0 Å². The van der Waals surface area contributed by atoms with Crippen LogP contribution in [0.3, 0.4) is 0 Å². The third-order valence-electron chi connectivity index (χ3n) is 4.98. The predicted octanol–water partition coefficient (Wildman–Crippen LogP) is 3.06. The van der Waals surface area contributed by atoms with E-state index in [1.165, 1.54) is 24.8 Å². The number of carbonyl (C=O) groups is 1. The van der Waals surface area contributed by atoms with Crippen molar-refractivity contribution >= 4 is 11.6 Å². The lowest BCUT2D eigenvalue weighted by atomic mass is 9.85. The first-order valence-corrected chi connectivity index (χ1v) is 7.78. The maximum Gasteiger partial charge on any atom is 0.245 e. The number of carbonyl (C=O) groups excluding carboxylic acids is 1. The highest BCUT2D eigenvalue weighted by Crippen LogP contribution is 2.30. The molecule has 1 N–H and O–H groups in total. The summed E-state index contributed by atoms with van der Waals surface area (Å²) in [6.45, 7) is 2.28. The molecule has 1 aliphatic carbocycles.